The molecule has 2 heterocycles. The molecule has 0 aliphatic carbocycles. The summed E-state index contributed by atoms with van der Waals surface area (Å²) in [6, 6.07) is 13.8. The van der Waals surface area contributed by atoms with Crippen LogP contribution in [0.1, 0.15) is 39.1 Å². The van der Waals surface area contributed by atoms with Gasteiger partial charge < -0.3 is 9.80 Å². The molecule has 0 bridgehead atoms. The molecular weight excluding hydrogens is 375 g/mol. The second-order valence-corrected chi connectivity index (χ2v) is 8.85. The molecule has 4 rings (SSSR count). The predicted octanol–water partition coefficient (Wildman–Crippen LogP) is 3.96. The summed E-state index contributed by atoms with van der Waals surface area (Å²) in [4.78, 5) is 29.1. The number of hydrogen-bond donors (Lipinski definition) is 0. The van der Waals surface area contributed by atoms with E-state index < -0.39 is 5.82 Å². The van der Waals surface area contributed by atoms with Crippen LogP contribution in [0.2, 0.25) is 0 Å². The monoisotopic (exact) mass is 398 g/mol. The highest BCUT2D eigenvalue weighted by Crippen LogP contribution is 2.44. The molecule has 2 saturated heterocycles. The summed E-state index contributed by atoms with van der Waals surface area (Å²) in [5.74, 6) is 0.143. The molecule has 0 radical (unpaired) electrons. The van der Waals surface area contributed by atoms with Crippen molar-refractivity contribution in [2.45, 2.75) is 24.6 Å². The molecule has 2 aromatic rings. The molecule has 6 heteroatoms. The Morgan fingerprint density at radius 2 is 1.64 bits per heavy atom. The van der Waals surface area contributed by atoms with Gasteiger partial charge in [0, 0.05) is 31.0 Å². The summed E-state index contributed by atoms with van der Waals surface area (Å²) >= 11 is 1.76. The Hall–Kier alpha value is -2.34. The molecule has 146 valence electrons. The van der Waals surface area contributed by atoms with Crippen molar-refractivity contribution in [3.63, 3.8) is 0 Å². The van der Waals surface area contributed by atoms with E-state index in [1.54, 1.807) is 30.0 Å². The summed E-state index contributed by atoms with van der Waals surface area (Å²) in [6.45, 7) is 3.81. The second kappa shape index (κ2) is 7.59. The van der Waals surface area contributed by atoms with E-state index in [2.05, 4.69) is 0 Å². The SMILES string of the molecule is Cc1ccc(C(=O)N2CCC3(CC2)SCCN3C(=O)c2ccccc2F)cc1. The van der Waals surface area contributed by atoms with Gasteiger partial charge in [0.25, 0.3) is 11.8 Å². The van der Waals surface area contributed by atoms with Crippen molar-refractivity contribution in [1.82, 2.24) is 9.80 Å². The molecule has 0 unspecified atom stereocenters. The first-order valence-corrected chi connectivity index (χ1v) is 10.6. The van der Waals surface area contributed by atoms with Crippen LogP contribution >= 0.6 is 11.8 Å². The largest absolute Gasteiger partial charge is 0.338 e. The van der Waals surface area contributed by atoms with Crippen LogP contribution in [-0.2, 0) is 0 Å². The van der Waals surface area contributed by atoms with Gasteiger partial charge in [-0.3, -0.25) is 9.59 Å². The van der Waals surface area contributed by atoms with Gasteiger partial charge in [-0.15, -0.1) is 11.8 Å². The van der Waals surface area contributed by atoms with Crippen LogP contribution in [0.3, 0.4) is 0 Å². The van der Waals surface area contributed by atoms with E-state index in [4.69, 9.17) is 0 Å². The fraction of sp³-hybridized carbons (Fsp3) is 0.364. The number of aryl methyl sites for hydroxylation is 1. The zero-order valence-corrected chi connectivity index (χ0v) is 16.7. The Bertz CT molecular complexity index is 892. The highest BCUT2D eigenvalue weighted by molar-refractivity contribution is 8.00. The lowest BCUT2D eigenvalue weighted by Gasteiger charge is -2.44. The van der Waals surface area contributed by atoms with E-state index in [-0.39, 0.29) is 22.2 Å². The van der Waals surface area contributed by atoms with Gasteiger partial charge in [-0.1, -0.05) is 29.8 Å². The standard InChI is InChI=1S/C22H23FN2O2S/c1-16-6-8-17(9-7-16)20(26)24-12-10-22(11-13-24)25(14-15-28-22)21(27)18-4-2-3-5-19(18)23/h2-9H,10-15H2,1H3. The Balaban J connectivity index is 1.48. The number of benzene rings is 2. The molecule has 1 spiro atoms. The fourth-order valence-electron chi connectivity index (χ4n) is 4.03. The number of thioether (sulfide) groups is 1. The maximum atomic E-state index is 14.1. The number of rotatable bonds is 2. The third-order valence-corrected chi connectivity index (χ3v) is 7.21. The van der Waals surface area contributed by atoms with Crippen molar-refractivity contribution in [1.29, 1.82) is 0 Å². The van der Waals surface area contributed by atoms with E-state index in [1.807, 2.05) is 41.0 Å². The van der Waals surface area contributed by atoms with E-state index in [9.17, 15) is 14.0 Å². The zero-order chi connectivity index (χ0) is 19.7. The normalized spacial score (nSPS) is 18.5. The van der Waals surface area contributed by atoms with Crippen LogP contribution in [0.4, 0.5) is 4.39 Å². The summed E-state index contributed by atoms with van der Waals surface area (Å²) in [5.41, 5.74) is 1.95. The molecule has 4 nitrogen and oxygen atoms in total. The van der Waals surface area contributed by atoms with E-state index in [0.717, 1.165) is 11.3 Å². The maximum absolute atomic E-state index is 14.1. The van der Waals surface area contributed by atoms with Gasteiger partial charge >= 0.3 is 0 Å². The molecule has 2 aliphatic rings. The Morgan fingerprint density at radius 1 is 0.964 bits per heavy atom. The molecule has 0 N–H and O–H groups in total. The molecule has 0 saturated carbocycles. The summed E-state index contributed by atoms with van der Waals surface area (Å²) in [6.07, 6.45) is 1.41. The smallest absolute Gasteiger partial charge is 0.257 e. The molecule has 2 fully saturated rings. The van der Waals surface area contributed by atoms with Crippen LogP contribution in [0.15, 0.2) is 48.5 Å². The van der Waals surface area contributed by atoms with E-state index in [1.165, 1.54) is 6.07 Å². The predicted molar refractivity (Wildman–Crippen MR) is 109 cm³/mol. The lowest BCUT2D eigenvalue weighted by molar-refractivity contribution is 0.0495. The Morgan fingerprint density at radius 3 is 2.32 bits per heavy atom. The lowest BCUT2D eigenvalue weighted by Crippen LogP contribution is -2.53. The van der Waals surface area contributed by atoms with Crippen LogP contribution in [0, 0.1) is 12.7 Å². The highest BCUT2D eigenvalue weighted by Gasteiger charge is 2.47. The van der Waals surface area contributed by atoms with Gasteiger partial charge in [0.1, 0.15) is 5.82 Å². The number of piperidine rings is 1. The first kappa shape index (κ1) is 19.0. The third-order valence-electron chi connectivity index (χ3n) is 5.66. The average molecular weight is 399 g/mol. The molecular formula is C22H23FN2O2S. The quantitative estimate of drug-likeness (QED) is 0.769. The molecule has 2 amide bonds. The summed E-state index contributed by atoms with van der Waals surface area (Å²) < 4.78 is 14.1. The van der Waals surface area contributed by atoms with Crippen LogP contribution in [-0.4, -0.2) is 51.9 Å². The minimum absolute atomic E-state index is 0.0322. The zero-order valence-electron chi connectivity index (χ0n) is 15.9. The third kappa shape index (κ3) is 3.41. The Labute approximate surface area is 168 Å². The lowest BCUT2D eigenvalue weighted by atomic mass is 10.00. The molecule has 0 atom stereocenters. The Kier molecular flexibility index (Phi) is 5.15. The number of amides is 2. The van der Waals surface area contributed by atoms with Crippen LogP contribution in [0.5, 0.6) is 0 Å². The van der Waals surface area contributed by atoms with Crippen molar-refractivity contribution in [3.8, 4) is 0 Å². The van der Waals surface area contributed by atoms with Crippen LogP contribution in [0.25, 0.3) is 0 Å². The van der Waals surface area contributed by atoms with Crippen molar-refractivity contribution < 1.29 is 14.0 Å². The molecule has 2 aliphatic heterocycles. The van der Waals surface area contributed by atoms with Crippen molar-refractivity contribution in [2.24, 2.45) is 0 Å². The number of halogens is 1. The first-order chi connectivity index (χ1) is 13.5. The highest BCUT2D eigenvalue weighted by atomic mass is 32.2. The van der Waals surface area contributed by atoms with Gasteiger partial charge in [0.15, 0.2) is 0 Å². The minimum atomic E-state index is -0.480. The minimum Gasteiger partial charge on any atom is -0.338 e. The topological polar surface area (TPSA) is 40.6 Å². The molecule has 2 aromatic carbocycles. The van der Waals surface area contributed by atoms with Gasteiger partial charge in [0.2, 0.25) is 0 Å². The van der Waals surface area contributed by atoms with Crippen LogP contribution < -0.4 is 0 Å². The number of carbonyl (C=O) groups is 2. The molecule has 0 aromatic heterocycles. The number of carbonyl (C=O) groups excluding carboxylic acids is 2. The van der Waals surface area contributed by atoms with Crippen molar-refractivity contribution in [3.05, 3.63) is 71.0 Å². The number of nitrogens with zero attached hydrogens (tertiary/aromatic N) is 2. The van der Waals surface area contributed by atoms with Gasteiger partial charge in [-0.2, -0.15) is 0 Å². The average Bonchev–Trinajstić information content (AvgIpc) is 3.11. The summed E-state index contributed by atoms with van der Waals surface area (Å²) in [5, 5.41) is 0. The molecule has 28 heavy (non-hydrogen) atoms. The number of hydrogen-bond acceptors (Lipinski definition) is 3. The van der Waals surface area contributed by atoms with Gasteiger partial charge in [-0.05, 0) is 44.0 Å². The summed E-state index contributed by atoms with van der Waals surface area (Å²) in [7, 11) is 0. The van der Waals surface area contributed by atoms with E-state index >= 15 is 0 Å². The van der Waals surface area contributed by atoms with Gasteiger partial charge in [0.05, 0.1) is 10.4 Å². The van der Waals surface area contributed by atoms with Gasteiger partial charge in [-0.25, -0.2) is 4.39 Å². The number of likely N-dealkylation sites (tertiary alicyclic amines) is 1. The first-order valence-electron chi connectivity index (χ1n) is 9.57. The van der Waals surface area contributed by atoms with E-state index in [0.29, 0.717) is 38.0 Å². The second-order valence-electron chi connectivity index (χ2n) is 7.39. The maximum Gasteiger partial charge on any atom is 0.257 e. The van der Waals surface area contributed by atoms with Crippen molar-refractivity contribution in [2.75, 3.05) is 25.4 Å². The fourth-order valence-corrected chi connectivity index (χ4v) is 5.48. The van der Waals surface area contributed by atoms with Crippen molar-refractivity contribution >= 4 is 23.6 Å².